The number of carbonyl (C=O) groups is 2. The molecule has 3 aromatic rings. The Hall–Kier alpha value is -4.49. The summed E-state index contributed by atoms with van der Waals surface area (Å²) in [4.78, 5) is 21.5. The number of allylic oxidation sites excluding steroid dienone is 1. The molecule has 8 nitrogen and oxygen atoms in total. The van der Waals surface area contributed by atoms with Crippen molar-refractivity contribution >= 4 is 12.1 Å². The predicted octanol–water partition coefficient (Wildman–Crippen LogP) is 6.10. The fourth-order valence-corrected chi connectivity index (χ4v) is 4.25. The third-order valence-electron chi connectivity index (χ3n) is 6.54. The van der Waals surface area contributed by atoms with Gasteiger partial charge in [0.25, 0.3) is 0 Å². The third-order valence-corrected chi connectivity index (χ3v) is 6.54. The highest BCUT2D eigenvalue weighted by Crippen LogP contribution is 2.20. The Morgan fingerprint density at radius 2 is 1.63 bits per heavy atom. The van der Waals surface area contributed by atoms with E-state index in [-0.39, 0.29) is 19.6 Å². The Bertz CT molecular complexity index is 1380. The van der Waals surface area contributed by atoms with Crippen LogP contribution in [0.2, 0.25) is 0 Å². The van der Waals surface area contributed by atoms with E-state index in [4.69, 9.17) is 19.4 Å². The zero-order chi connectivity index (χ0) is 34.1. The first kappa shape index (κ1) is 37.7. The molecule has 0 saturated carbocycles. The van der Waals surface area contributed by atoms with Crippen molar-refractivity contribution in [1.29, 1.82) is 0 Å². The molecule has 13 heteroatoms. The summed E-state index contributed by atoms with van der Waals surface area (Å²) in [6.07, 6.45) is -2.26. The maximum Gasteiger partial charge on any atom is 0.490 e. The number of methoxy groups -OCH3 is 1. The number of aliphatic hydroxyl groups is 1. The molecule has 4 N–H and O–H groups in total. The van der Waals surface area contributed by atoms with Crippen LogP contribution in [-0.2, 0) is 35.5 Å². The number of carbonyl (C=O) groups excluding carboxylic acids is 1. The van der Waals surface area contributed by atoms with Crippen molar-refractivity contribution in [2.45, 2.75) is 57.2 Å². The molecule has 46 heavy (non-hydrogen) atoms. The zero-order valence-electron chi connectivity index (χ0n) is 25.2. The van der Waals surface area contributed by atoms with Crippen LogP contribution in [0.1, 0.15) is 35.1 Å². The number of hydrogen-bond donors (Lipinski definition) is 4. The van der Waals surface area contributed by atoms with Crippen LogP contribution < -0.4 is 15.4 Å². The lowest BCUT2D eigenvalue weighted by Gasteiger charge is -2.25. The van der Waals surface area contributed by atoms with E-state index >= 15 is 0 Å². The smallest absolute Gasteiger partial charge is 0.490 e. The maximum absolute atomic E-state index is 13.8. The van der Waals surface area contributed by atoms with Gasteiger partial charge >= 0.3 is 18.2 Å². The van der Waals surface area contributed by atoms with Gasteiger partial charge in [-0.15, -0.1) is 6.58 Å². The van der Waals surface area contributed by atoms with Crippen LogP contribution in [0.5, 0.6) is 5.75 Å². The summed E-state index contributed by atoms with van der Waals surface area (Å²) in [6, 6.07) is 17.3. The maximum atomic E-state index is 13.8. The predicted molar refractivity (Wildman–Crippen MR) is 161 cm³/mol. The van der Waals surface area contributed by atoms with Gasteiger partial charge in [-0.1, -0.05) is 42.5 Å². The first-order valence-corrected chi connectivity index (χ1v) is 14.2. The number of alkyl carbamates (subject to hydrolysis) is 1. The number of aliphatic hydroxyl groups excluding tert-OH is 1. The molecule has 0 unspecified atom stereocenters. The lowest BCUT2D eigenvalue weighted by Crippen LogP contribution is -2.48. The molecule has 250 valence electrons. The molecule has 1 amide bonds. The molecule has 0 bridgehead atoms. The van der Waals surface area contributed by atoms with Crippen LogP contribution in [0.15, 0.2) is 79.4 Å². The van der Waals surface area contributed by atoms with Gasteiger partial charge in [-0.3, -0.25) is 0 Å². The van der Waals surface area contributed by atoms with Crippen LogP contribution >= 0.6 is 0 Å². The number of benzene rings is 3. The second-order valence-electron chi connectivity index (χ2n) is 10.1. The molecule has 3 rings (SSSR count). The summed E-state index contributed by atoms with van der Waals surface area (Å²) in [5.74, 6) is -3.49. The number of amides is 1. The summed E-state index contributed by atoms with van der Waals surface area (Å²) < 4.78 is 70.0. The van der Waals surface area contributed by atoms with Gasteiger partial charge in [0.05, 0.1) is 19.3 Å². The molecule has 2 atom stereocenters. The van der Waals surface area contributed by atoms with E-state index in [0.717, 1.165) is 47.8 Å². The number of halogens is 5. The van der Waals surface area contributed by atoms with Gasteiger partial charge in [0, 0.05) is 19.2 Å². The van der Waals surface area contributed by atoms with E-state index < -0.39 is 42.0 Å². The number of aryl methyl sites for hydroxylation is 1. The number of carboxylic acid groups (broad SMARTS) is 1. The molecule has 0 fully saturated rings. The molecule has 0 aromatic heterocycles. The minimum atomic E-state index is -5.08. The molecule has 0 aliphatic rings. The molecule has 3 aromatic carbocycles. The lowest BCUT2D eigenvalue weighted by atomic mass is 10.00. The summed E-state index contributed by atoms with van der Waals surface area (Å²) in [6.45, 7) is 4.39. The average molecular weight is 653 g/mol. The normalized spacial score (nSPS) is 12.2. The summed E-state index contributed by atoms with van der Waals surface area (Å²) in [7, 11) is 1.61. The van der Waals surface area contributed by atoms with Crippen molar-refractivity contribution in [3.63, 3.8) is 0 Å². The second kappa shape index (κ2) is 19.1. The van der Waals surface area contributed by atoms with Gasteiger partial charge in [-0.25, -0.2) is 18.4 Å². The van der Waals surface area contributed by atoms with Crippen LogP contribution in [0.4, 0.5) is 26.7 Å². The third kappa shape index (κ3) is 14.1. The number of aliphatic carboxylic acids is 1. The van der Waals surface area contributed by atoms with Gasteiger partial charge in [-0.2, -0.15) is 13.2 Å². The van der Waals surface area contributed by atoms with Crippen LogP contribution in [-0.4, -0.2) is 54.3 Å². The topological polar surface area (TPSA) is 117 Å². The number of hydrogen-bond acceptors (Lipinski definition) is 6. The van der Waals surface area contributed by atoms with Crippen molar-refractivity contribution in [2.75, 3.05) is 13.7 Å². The van der Waals surface area contributed by atoms with Gasteiger partial charge in [0.1, 0.15) is 24.0 Å². The minimum Gasteiger partial charge on any atom is -0.497 e. The fraction of sp³-hybridized carbons (Fsp3) is 0.333. The van der Waals surface area contributed by atoms with E-state index in [2.05, 4.69) is 17.2 Å². The van der Waals surface area contributed by atoms with Gasteiger partial charge in [0.15, 0.2) is 0 Å². The second-order valence-corrected chi connectivity index (χ2v) is 10.1. The molecule has 0 saturated heterocycles. The van der Waals surface area contributed by atoms with E-state index in [1.807, 2.05) is 54.6 Å². The number of alkyl halides is 3. The summed E-state index contributed by atoms with van der Waals surface area (Å²) >= 11 is 0. The Labute approximate surface area is 263 Å². The molecule has 0 radical (unpaired) electrons. The molecular weight excluding hydrogens is 615 g/mol. The molecule has 0 aliphatic carbocycles. The van der Waals surface area contributed by atoms with E-state index in [1.54, 1.807) is 7.11 Å². The first-order chi connectivity index (χ1) is 21.8. The quantitative estimate of drug-likeness (QED) is 0.0891. The lowest BCUT2D eigenvalue weighted by molar-refractivity contribution is -0.192. The van der Waals surface area contributed by atoms with Crippen LogP contribution in [0.3, 0.4) is 0 Å². The highest BCUT2D eigenvalue weighted by atomic mass is 19.4. The van der Waals surface area contributed by atoms with E-state index in [1.165, 1.54) is 12.1 Å². The van der Waals surface area contributed by atoms with Crippen molar-refractivity contribution in [1.82, 2.24) is 10.6 Å². The van der Waals surface area contributed by atoms with E-state index in [9.17, 15) is 31.9 Å². The van der Waals surface area contributed by atoms with Gasteiger partial charge in [-0.05, 0) is 72.2 Å². The highest BCUT2D eigenvalue weighted by Gasteiger charge is 2.38. The van der Waals surface area contributed by atoms with Crippen LogP contribution in [0.25, 0.3) is 0 Å². The van der Waals surface area contributed by atoms with E-state index in [0.29, 0.717) is 12.1 Å². The monoisotopic (exact) mass is 652 g/mol. The van der Waals surface area contributed by atoms with Gasteiger partial charge < -0.3 is 30.3 Å². The Morgan fingerprint density at radius 3 is 2.22 bits per heavy atom. The zero-order valence-corrected chi connectivity index (χ0v) is 25.2. The van der Waals surface area contributed by atoms with Crippen molar-refractivity contribution in [3.8, 4) is 5.75 Å². The fourth-order valence-electron chi connectivity index (χ4n) is 4.25. The average Bonchev–Trinajstić information content (AvgIpc) is 3.00. The molecule has 0 aliphatic heterocycles. The highest BCUT2D eigenvalue weighted by molar-refractivity contribution is 5.73. The summed E-state index contributed by atoms with van der Waals surface area (Å²) in [5, 5.41) is 24.0. The van der Waals surface area contributed by atoms with Crippen LogP contribution in [0, 0.1) is 11.6 Å². The summed E-state index contributed by atoms with van der Waals surface area (Å²) in [5.41, 5.74) is 3.30. The number of unbranched alkanes of at least 4 members (excludes halogenated alkanes) is 1. The standard InChI is InChI=1S/C31H36F2N2O4.C2HF3O2/c1-3-4-6-11-24-12-13-28(38-2)17-25(24)19-34-20-30(36)29(16-23-14-26(32)18-27(33)15-23)35-31(37)39-21-22-9-7-5-8-10-22;3-2(4,5)1(6)7/h3,5,7-10,12-15,17-18,29-30,34,36H,1,4,6,11,16,19-21H2,2H3,(H,35,37);(H,6,7)/t29-,30+;/m0./s1. The minimum absolute atomic E-state index is 0.00390. The van der Waals surface area contributed by atoms with Crippen molar-refractivity contribution < 1.29 is 51.2 Å². The number of rotatable bonds is 15. The Morgan fingerprint density at radius 1 is 0.978 bits per heavy atom. The Kier molecular flexibility index (Phi) is 15.7. The SMILES string of the molecule is C=CCCCc1ccc(OC)cc1CNC[C@@H](O)[C@H](Cc1cc(F)cc(F)c1)NC(=O)OCc1ccccc1.O=C(O)C(F)(F)F. The number of nitrogens with one attached hydrogen (secondary N) is 2. The van der Waals surface area contributed by atoms with Crippen molar-refractivity contribution in [2.24, 2.45) is 0 Å². The van der Waals surface area contributed by atoms with Gasteiger partial charge in [0.2, 0.25) is 0 Å². The molecular formula is C33H37F5N2O6. The first-order valence-electron chi connectivity index (χ1n) is 14.2. The largest absolute Gasteiger partial charge is 0.497 e. The number of carboxylic acids is 1. The molecule has 0 heterocycles. The Balaban J connectivity index is 0.000000942. The number of ether oxygens (including phenoxy) is 2. The molecule has 0 spiro atoms. The van der Waals surface area contributed by atoms with Crippen molar-refractivity contribution in [3.05, 3.63) is 113 Å².